The Kier molecular flexibility index (Phi) is 6.14. The lowest BCUT2D eigenvalue weighted by molar-refractivity contribution is 0.253. The molecule has 0 radical (unpaired) electrons. The summed E-state index contributed by atoms with van der Waals surface area (Å²) in [5.74, 6) is 0.322. The summed E-state index contributed by atoms with van der Waals surface area (Å²) in [4.78, 5) is 4.86. The van der Waals surface area contributed by atoms with E-state index in [0.717, 1.165) is 50.6 Å². The number of unbranched alkanes of at least 4 members (excludes halogenated alkanes) is 1. The molecule has 0 atom stereocenters. The molecule has 1 fully saturated rings. The molecule has 0 aliphatic carbocycles. The second-order valence-corrected chi connectivity index (χ2v) is 5.79. The Labute approximate surface area is 131 Å². The van der Waals surface area contributed by atoms with Crippen molar-refractivity contribution >= 4 is 23.1 Å². The predicted octanol–water partition coefficient (Wildman–Crippen LogP) is 2.38. The molecule has 5 nitrogen and oxygen atoms in total. The summed E-state index contributed by atoms with van der Waals surface area (Å²) < 4.78 is 0. The molecule has 0 aromatic heterocycles. The van der Waals surface area contributed by atoms with Crippen LogP contribution in [0.2, 0.25) is 5.02 Å². The van der Waals surface area contributed by atoms with Crippen LogP contribution in [0.3, 0.4) is 0 Å². The van der Waals surface area contributed by atoms with E-state index in [1.807, 2.05) is 12.1 Å². The predicted molar refractivity (Wildman–Crippen MR) is 87.4 cm³/mol. The van der Waals surface area contributed by atoms with Gasteiger partial charge in [-0.15, -0.1) is 0 Å². The van der Waals surface area contributed by atoms with Gasteiger partial charge in [-0.1, -0.05) is 16.8 Å². The Morgan fingerprint density at radius 3 is 2.43 bits per heavy atom. The topological polar surface area (TPSA) is 65.1 Å². The minimum absolute atomic E-state index is 0.322. The summed E-state index contributed by atoms with van der Waals surface area (Å²) in [6.07, 6.45) is 2.71. The number of rotatable bonds is 6. The largest absolute Gasteiger partial charge is 0.409 e. The molecule has 1 aromatic rings. The summed E-state index contributed by atoms with van der Waals surface area (Å²) >= 11 is 5.92. The number of nitrogens with two attached hydrogens (primary N) is 1. The number of nitrogens with zero attached hydrogens (tertiary/aromatic N) is 3. The van der Waals surface area contributed by atoms with Crippen molar-refractivity contribution in [1.29, 1.82) is 0 Å². The van der Waals surface area contributed by atoms with E-state index in [0.29, 0.717) is 12.3 Å². The van der Waals surface area contributed by atoms with Gasteiger partial charge in [0.05, 0.1) is 0 Å². The molecule has 3 N–H and O–H groups in total. The molecule has 2 rings (SSSR count). The molecular formula is C15H23ClN4O. The third-order valence-corrected chi connectivity index (χ3v) is 4.10. The van der Waals surface area contributed by atoms with E-state index in [2.05, 4.69) is 27.1 Å². The number of anilines is 1. The van der Waals surface area contributed by atoms with Crippen LogP contribution in [0.15, 0.2) is 29.4 Å². The number of hydrogen-bond acceptors (Lipinski definition) is 4. The van der Waals surface area contributed by atoms with Crippen molar-refractivity contribution in [3.8, 4) is 0 Å². The van der Waals surface area contributed by atoms with Crippen molar-refractivity contribution in [1.82, 2.24) is 4.90 Å². The van der Waals surface area contributed by atoms with E-state index in [-0.39, 0.29) is 0 Å². The summed E-state index contributed by atoms with van der Waals surface area (Å²) in [6.45, 7) is 5.31. The fourth-order valence-electron chi connectivity index (χ4n) is 2.57. The van der Waals surface area contributed by atoms with Gasteiger partial charge in [0.15, 0.2) is 0 Å². The van der Waals surface area contributed by atoms with Gasteiger partial charge in [0.25, 0.3) is 0 Å². The van der Waals surface area contributed by atoms with Gasteiger partial charge in [0.2, 0.25) is 0 Å². The molecule has 1 aliphatic heterocycles. The third kappa shape index (κ3) is 5.10. The maximum atomic E-state index is 8.48. The Balaban J connectivity index is 1.67. The van der Waals surface area contributed by atoms with Crippen LogP contribution >= 0.6 is 11.6 Å². The highest BCUT2D eigenvalue weighted by Crippen LogP contribution is 2.19. The quantitative estimate of drug-likeness (QED) is 0.278. The number of halogens is 1. The zero-order chi connectivity index (χ0) is 15.1. The number of hydrogen-bond donors (Lipinski definition) is 2. The minimum Gasteiger partial charge on any atom is -0.409 e. The summed E-state index contributed by atoms with van der Waals surface area (Å²) in [7, 11) is 0. The monoisotopic (exact) mass is 310 g/mol. The summed E-state index contributed by atoms with van der Waals surface area (Å²) in [5.41, 5.74) is 6.70. The van der Waals surface area contributed by atoms with Crippen molar-refractivity contribution < 1.29 is 5.21 Å². The van der Waals surface area contributed by atoms with E-state index in [1.54, 1.807) is 0 Å². The first-order valence-electron chi connectivity index (χ1n) is 7.38. The van der Waals surface area contributed by atoms with Gasteiger partial charge in [-0.2, -0.15) is 0 Å². The maximum absolute atomic E-state index is 8.48. The lowest BCUT2D eigenvalue weighted by Crippen LogP contribution is -2.46. The first-order valence-corrected chi connectivity index (χ1v) is 7.76. The Morgan fingerprint density at radius 2 is 1.81 bits per heavy atom. The average molecular weight is 311 g/mol. The SMILES string of the molecule is NC(CCCCN1CCN(c2ccc(Cl)cc2)CC1)=NO. The number of benzene rings is 1. The summed E-state index contributed by atoms with van der Waals surface area (Å²) in [5, 5.41) is 12.2. The molecule has 0 spiro atoms. The van der Waals surface area contributed by atoms with Gasteiger partial charge >= 0.3 is 0 Å². The normalized spacial score (nSPS) is 17.2. The fraction of sp³-hybridized carbons (Fsp3) is 0.533. The number of piperazine rings is 1. The van der Waals surface area contributed by atoms with Crippen LogP contribution in [-0.2, 0) is 0 Å². The lowest BCUT2D eigenvalue weighted by atomic mass is 10.2. The van der Waals surface area contributed by atoms with Crippen LogP contribution in [0.5, 0.6) is 0 Å². The maximum Gasteiger partial charge on any atom is 0.139 e. The molecule has 116 valence electrons. The standard InChI is InChI=1S/C15H23ClN4O/c16-13-4-6-14(7-5-13)20-11-9-19(10-12-20)8-2-1-3-15(17)18-21/h4-7,21H,1-3,8-12H2,(H2,17,18). The highest BCUT2D eigenvalue weighted by molar-refractivity contribution is 6.30. The average Bonchev–Trinajstić information content (AvgIpc) is 2.52. The van der Waals surface area contributed by atoms with Crippen molar-refractivity contribution in [2.24, 2.45) is 10.9 Å². The van der Waals surface area contributed by atoms with Crippen LogP contribution in [-0.4, -0.2) is 48.7 Å². The van der Waals surface area contributed by atoms with Gasteiger partial charge in [0, 0.05) is 43.3 Å². The fourth-order valence-corrected chi connectivity index (χ4v) is 2.70. The molecule has 0 unspecified atom stereocenters. The van der Waals surface area contributed by atoms with E-state index in [1.165, 1.54) is 5.69 Å². The molecule has 21 heavy (non-hydrogen) atoms. The summed E-state index contributed by atoms with van der Waals surface area (Å²) in [6, 6.07) is 8.04. The second kappa shape index (κ2) is 8.10. The van der Waals surface area contributed by atoms with E-state index >= 15 is 0 Å². The molecule has 1 saturated heterocycles. The van der Waals surface area contributed by atoms with Crippen molar-refractivity contribution in [3.63, 3.8) is 0 Å². The van der Waals surface area contributed by atoms with Gasteiger partial charge in [-0.05, 0) is 43.7 Å². The molecule has 0 saturated carbocycles. The van der Waals surface area contributed by atoms with Crippen LogP contribution in [0.1, 0.15) is 19.3 Å². The Morgan fingerprint density at radius 1 is 1.14 bits per heavy atom. The molecular weight excluding hydrogens is 288 g/mol. The highest BCUT2D eigenvalue weighted by Gasteiger charge is 2.16. The number of amidine groups is 1. The van der Waals surface area contributed by atoms with Gasteiger partial charge in [0.1, 0.15) is 5.84 Å². The smallest absolute Gasteiger partial charge is 0.139 e. The Hall–Kier alpha value is -1.46. The Bertz CT molecular complexity index is 455. The molecule has 0 amide bonds. The van der Waals surface area contributed by atoms with Crippen molar-refractivity contribution in [2.45, 2.75) is 19.3 Å². The highest BCUT2D eigenvalue weighted by atomic mass is 35.5. The molecule has 1 heterocycles. The first-order chi connectivity index (χ1) is 10.2. The lowest BCUT2D eigenvalue weighted by Gasteiger charge is -2.36. The van der Waals surface area contributed by atoms with E-state index in [9.17, 15) is 0 Å². The van der Waals surface area contributed by atoms with Crippen LogP contribution in [0.25, 0.3) is 0 Å². The van der Waals surface area contributed by atoms with Crippen LogP contribution in [0, 0.1) is 0 Å². The van der Waals surface area contributed by atoms with Crippen molar-refractivity contribution in [3.05, 3.63) is 29.3 Å². The van der Waals surface area contributed by atoms with Gasteiger partial charge in [-0.3, -0.25) is 4.90 Å². The third-order valence-electron chi connectivity index (χ3n) is 3.85. The van der Waals surface area contributed by atoms with Gasteiger partial charge < -0.3 is 15.8 Å². The van der Waals surface area contributed by atoms with Crippen LogP contribution < -0.4 is 10.6 Å². The zero-order valence-electron chi connectivity index (χ0n) is 12.2. The molecule has 1 aromatic carbocycles. The first kappa shape index (κ1) is 15.9. The molecule has 1 aliphatic rings. The van der Waals surface area contributed by atoms with Crippen LogP contribution in [0.4, 0.5) is 5.69 Å². The van der Waals surface area contributed by atoms with Crippen molar-refractivity contribution in [2.75, 3.05) is 37.6 Å². The van der Waals surface area contributed by atoms with E-state index < -0.39 is 0 Å². The minimum atomic E-state index is 0.322. The van der Waals surface area contributed by atoms with Gasteiger partial charge in [-0.25, -0.2) is 0 Å². The zero-order valence-corrected chi connectivity index (χ0v) is 13.0. The second-order valence-electron chi connectivity index (χ2n) is 5.35. The molecule has 6 heteroatoms. The number of oxime groups is 1. The van der Waals surface area contributed by atoms with E-state index in [4.69, 9.17) is 22.5 Å². The molecule has 0 bridgehead atoms.